The van der Waals surface area contributed by atoms with Gasteiger partial charge in [0.05, 0.1) is 6.61 Å². The van der Waals surface area contributed by atoms with Crippen LogP contribution in [0, 0.1) is 6.92 Å². The predicted molar refractivity (Wildman–Crippen MR) is 78.1 cm³/mol. The van der Waals surface area contributed by atoms with E-state index in [4.69, 9.17) is 13.6 Å². The van der Waals surface area contributed by atoms with E-state index in [1.165, 1.54) is 0 Å². The number of aryl methyl sites for hydroxylation is 1. The molecule has 0 radical (unpaired) electrons. The highest BCUT2D eigenvalue weighted by atomic mass is 31.2. The molecule has 2 aromatic carbocycles. The Kier molecular flexibility index (Phi) is 4.83. The van der Waals surface area contributed by atoms with Gasteiger partial charge in [0.2, 0.25) is 0 Å². The SMILES string of the molecule is CCOP(=O)(Oc1ccccc1)Oc1ccc(C)cc1. The summed E-state index contributed by atoms with van der Waals surface area (Å²) in [5.41, 5.74) is 1.09. The third-order valence-electron chi connectivity index (χ3n) is 2.49. The highest BCUT2D eigenvalue weighted by Crippen LogP contribution is 2.49. The molecule has 2 aromatic rings. The molecule has 0 bridgehead atoms. The van der Waals surface area contributed by atoms with Crippen molar-refractivity contribution >= 4 is 7.82 Å². The van der Waals surface area contributed by atoms with Crippen LogP contribution in [0.3, 0.4) is 0 Å². The minimum absolute atomic E-state index is 0.232. The van der Waals surface area contributed by atoms with E-state index in [2.05, 4.69) is 0 Å². The molecule has 0 spiro atoms. The van der Waals surface area contributed by atoms with Gasteiger partial charge in [-0.2, -0.15) is 0 Å². The normalized spacial score (nSPS) is 13.5. The van der Waals surface area contributed by atoms with Gasteiger partial charge in [0.1, 0.15) is 11.5 Å². The number of rotatable bonds is 6. The second-order valence-electron chi connectivity index (χ2n) is 4.17. The molecule has 5 heteroatoms. The third kappa shape index (κ3) is 4.12. The molecular formula is C15H17O4P. The van der Waals surface area contributed by atoms with Crippen molar-refractivity contribution in [2.45, 2.75) is 13.8 Å². The van der Waals surface area contributed by atoms with Gasteiger partial charge in [-0.15, -0.1) is 0 Å². The number of phosphoric acid groups is 1. The van der Waals surface area contributed by atoms with Crippen LogP contribution in [-0.4, -0.2) is 6.61 Å². The average Bonchev–Trinajstić information content (AvgIpc) is 2.42. The summed E-state index contributed by atoms with van der Waals surface area (Å²) in [6.07, 6.45) is 0. The molecule has 20 heavy (non-hydrogen) atoms. The summed E-state index contributed by atoms with van der Waals surface area (Å²) in [6.45, 7) is 3.93. The Bertz CT molecular complexity index is 581. The second kappa shape index (κ2) is 6.60. The molecule has 0 N–H and O–H groups in total. The highest BCUT2D eigenvalue weighted by Gasteiger charge is 2.30. The summed E-state index contributed by atoms with van der Waals surface area (Å²) in [5.74, 6) is 0.889. The monoisotopic (exact) mass is 292 g/mol. The van der Waals surface area contributed by atoms with Gasteiger partial charge >= 0.3 is 7.82 Å². The van der Waals surface area contributed by atoms with E-state index in [1.807, 2.05) is 25.1 Å². The lowest BCUT2D eigenvalue weighted by Crippen LogP contribution is -2.04. The molecule has 0 aromatic heterocycles. The zero-order valence-electron chi connectivity index (χ0n) is 11.5. The van der Waals surface area contributed by atoms with Crippen LogP contribution in [0.2, 0.25) is 0 Å². The van der Waals surface area contributed by atoms with E-state index >= 15 is 0 Å². The van der Waals surface area contributed by atoms with Crippen molar-refractivity contribution < 1.29 is 18.1 Å². The number of benzene rings is 2. The lowest BCUT2D eigenvalue weighted by Gasteiger charge is -2.18. The predicted octanol–water partition coefficient (Wildman–Crippen LogP) is 4.60. The fraction of sp³-hybridized carbons (Fsp3) is 0.200. The van der Waals surface area contributed by atoms with Crippen molar-refractivity contribution in [3.8, 4) is 11.5 Å². The summed E-state index contributed by atoms with van der Waals surface area (Å²) in [7, 11) is -3.68. The van der Waals surface area contributed by atoms with Crippen LogP contribution in [-0.2, 0) is 9.09 Å². The van der Waals surface area contributed by atoms with Gasteiger partial charge in [0.25, 0.3) is 0 Å². The number of para-hydroxylation sites is 1. The first kappa shape index (κ1) is 14.6. The van der Waals surface area contributed by atoms with E-state index in [1.54, 1.807) is 43.3 Å². The first-order chi connectivity index (χ1) is 9.61. The molecule has 1 atom stereocenters. The Labute approximate surface area is 118 Å². The van der Waals surface area contributed by atoms with Crippen molar-refractivity contribution in [2.24, 2.45) is 0 Å². The van der Waals surface area contributed by atoms with Gasteiger partial charge in [-0.1, -0.05) is 35.9 Å². The van der Waals surface area contributed by atoms with Crippen molar-refractivity contribution in [3.63, 3.8) is 0 Å². The minimum atomic E-state index is -3.68. The van der Waals surface area contributed by atoms with Crippen molar-refractivity contribution in [3.05, 3.63) is 60.2 Å². The zero-order valence-corrected chi connectivity index (χ0v) is 12.4. The summed E-state index contributed by atoms with van der Waals surface area (Å²) in [4.78, 5) is 0. The Morgan fingerprint density at radius 1 is 0.900 bits per heavy atom. The first-order valence-electron chi connectivity index (χ1n) is 6.37. The molecule has 0 saturated heterocycles. The Morgan fingerprint density at radius 2 is 1.45 bits per heavy atom. The molecule has 0 saturated carbocycles. The fourth-order valence-corrected chi connectivity index (χ4v) is 2.79. The van der Waals surface area contributed by atoms with Crippen LogP contribution in [0.15, 0.2) is 54.6 Å². The summed E-state index contributed by atoms with van der Waals surface area (Å²) in [5, 5.41) is 0. The number of hydrogen-bond acceptors (Lipinski definition) is 4. The van der Waals surface area contributed by atoms with Gasteiger partial charge < -0.3 is 9.05 Å². The van der Waals surface area contributed by atoms with E-state index in [-0.39, 0.29) is 6.61 Å². The molecule has 0 aliphatic rings. The molecule has 0 aliphatic carbocycles. The van der Waals surface area contributed by atoms with Crippen molar-refractivity contribution in [1.82, 2.24) is 0 Å². The standard InChI is InChI=1S/C15H17O4P/c1-3-17-20(16,18-14-7-5-4-6-8-14)19-15-11-9-13(2)10-12-15/h4-12H,3H2,1-2H3. The second-order valence-corrected chi connectivity index (χ2v) is 5.69. The van der Waals surface area contributed by atoms with E-state index in [0.29, 0.717) is 11.5 Å². The Hall–Kier alpha value is -1.77. The van der Waals surface area contributed by atoms with E-state index in [0.717, 1.165) is 5.56 Å². The topological polar surface area (TPSA) is 44.8 Å². The highest BCUT2D eigenvalue weighted by molar-refractivity contribution is 7.49. The molecule has 1 unspecified atom stereocenters. The maximum absolute atomic E-state index is 12.6. The Morgan fingerprint density at radius 3 is 2.00 bits per heavy atom. The van der Waals surface area contributed by atoms with Gasteiger partial charge in [-0.25, -0.2) is 4.57 Å². The molecule has 0 amide bonds. The third-order valence-corrected chi connectivity index (χ3v) is 3.93. The maximum Gasteiger partial charge on any atom is 0.587 e. The largest absolute Gasteiger partial charge is 0.587 e. The molecule has 0 aliphatic heterocycles. The van der Waals surface area contributed by atoms with Gasteiger partial charge in [-0.3, -0.25) is 4.52 Å². The molecule has 2 rings (SSSR count). The minimum Gasteiger partial charge on any atom is -0.395 e. The molecule has 0 heterocycles. The summed E-state index contributed by atoms with van der Waals surface area (Å²) < 4.78 is 28.5. The summed E-state index contributed by atoms with van der Waals surface area (Å²) >= 11 is 0. The van der Waals surface area contributed by atoms with Crippen molar-refractivity contribution in [1.29, 1.82) is 0 Å². The van der Waals surface area contributed by atoms with Crippen LogP contribution in [0.5, 0.6) is 11.5 Å². The lowest BCUT2D eigenvalue weighted by molar-refractivity contribution is 0.219. The number of phosphoric ester groups is 1. The van der Waals surface area contributed by atoms with Crippen LogP contribution in [0.1, 0.15) is 12.5 Å². The molecule has 0 fully saturated rings. The van der Waals surface area contributed by atoms with Gasteiger partial charge in [0, 0.05) is 0 Å². The van der Waals surface area contributed by atoms with Crippen LogP contribution < -0.4 is 9.05 Å². The molecule has 106 valence electrons. The van der Waals surface area contributed by atoms with Gasteiger partial charge in [-0.05, 0) is 38.1 Å². The fourth-order valence-electron chi connectivity index (χ4n) is 1.57. The lowest BCUT2D eigenvalue weighted by atomic mass is 10.2. The van der Waals surface area contributed by atoms with E-state index in [9.17, 15) is 4.57 Å². The quantitative estimate of drug-likeness (QED) is 0.730. The van der Waals surface area contributed by atoms with Gasteiger partial charge in [0.15, 0.2) is 0 Å². The van der Waals surface area contributed by atoms with Crippen molar-refractivity contribution in [2.75, 3.05) is 6.61 Å². The number of hydrogen-bond donors (Lipinski definition) is 0. The maximum atomic E-state index is 12.6. The molecular weight excluding hydrogens is 275 g/mol. The van der Waals surface area contributed by atoms with E-state index < -0.39 is 7.82 Å². The average molecular weight is 292 g/mol. The summed E-state index contributed by atoms with van der Waals surface area (Å²) in [6, 6.07) is 16.0. The van der Waals surface area contributed by atoms with Crippen LogP contribution >= 0.6 is 7.82 Å². The van der Waals surface area contributed by atoms with Crippen LogP contribution in [0.25, 0.3) is 0 Å². The molecule has 4 nitrogen and oxygen atoms in total. The zero-order chi connectivity index (χ0) is 14.4. The smallest absolute Gasteiger partial charge is 0.395 e. The Balaban J connectivity index is 2.16. The first-order valence-corrected chi connectivity index (χ1v) is 7.83. The van der Waals surface area contributed by atoms with Crippen LogP contribution in [0.4, 0.5) is 0 Å².